The van der Waals surface area contributed by atoms with Gasteiger partial charge in [-0.05, 0) is 24.8 Å². The smallest absolute Gasteiger partial charge is 0.165 e. The summed E-state index contributed by atoms with van der Waals surface area (Å²) in [4.78, 5) is 0. The highest BCUT2D eigenvalue weighted by Gasteiger charge is 2.23. The Morgan fingerprint density at radius 1 is 1.29 bits per heavy atom. The third kappa shape index (κ3) is 2.92. The van der Waals surface area contributed by atoms with E-state index < -0.39 is 17.7 Å². The summed E-state index contributed by atoms with van der Waals surface area (Å²) in [5.74, 6) is -0.730. The van der Waals surface area contributed by atoms with Crippen molar-refractivity contribution in [3.8, 4) is 5.75 Å². The van der Waals surface area contributed by atoms with Crippen molar-refractivity contribution in [1.29, 1.82) is 0 Å². The quantitative estimate of drug-likeness (QED) is 0.826. The van der Waals surface area contributed by atoms with Crippen LogP contribution < -0.4 is 16.2 Å². The van der Waals surface area contributed by atoms with E-state index in [0.717, 1.165) is 25.0 Å². The lowest BCUT2D eigenvalue weighted by Gasteiger charge is -2.13. The van der Waals surface area contributed by atoms with Crippen LogP contribution in [0.25, 0.3) is 0 Å². The van der Waals surface area contributed by atoms with Gasteiger partial charge in [-0.3, -0.25) is 0 Å². The maximum atomic E-state index is 13.6. The van der Waals surface area contributed by atoms with Gasteiger partial charge >= 0.3 is 0 Å². The number of hydrogen-bond acceptors (Lipinski definition) is 3. The Kier molecular flexibility index (Phi) is 3.59. The maximum absolute atomic E-state index is 13.6. The molecule has 0 spiro atoms. The monoisotopic (exact) mass is 242 g/mol. The normalized spacial score (nSPS) is 16.9. The Labute approximate surface area is 98.7 Å². The molecule has 0 aliphatic heterocycles. The highest BCUT2D eigenvalue weighted by Crippen LogP contribution is 2.31. The Bertz CT molecular complexity index is 408. The van der Waals surface area contributed by atoms with Gasteiger partial charge in [-0.15, -0.1) is 0 Å². The minimum atomic E-state index is -0.693. The van der Waals surface area contributed by atoms with E-state index in [0.29, 0.717) is 12.5 Å². The van der Waals surface area contributed by atoms with Crippen LogP contribution in [-0.4, -0.2) is 13.2 Å². The number of nitrogens with two attached hydrogens (primary N) is 2. The molecule has 17 heavy (non-hydrogen) atoms. The molecule has 0 saturated heterocycles. The summed E-state index contributed by atoms with van der Waals surface area (Å²) >= 11 is 0. The first-order valence-electron chi connectivity index (χ1n) is 5.69. The topological polar surface area (TPSA) is 61.3 Å². The molecule has 1 fully saturated rings. The highest BCUT2D eigenvalue weighted by atomic mass is 19.1. The van der Waals surface area contributed by atoms with Gasteiger partial charge in [-0.25, -0.2) is 8.78 Å². The highest BCUT2D eigenvalue weighted by molar-refractivity contribution is 5.32. The summed E-state index contributed by atoms with van der Waals surface area (Å²) in [5.41, 5.74) is 11.0. The lowest BCUT2D eigenvalue weighted by Crippen LogP contribution is -2.22. The van der Waals surface area contributed by atoms with Crippen molar-refractivity contribution in [3.63, 3.8) is 0 Å². The van der Waals surface area contributed by atoms with E-state index in [9.17, 15) is 8.78 Å². The fourth-order valence-electron chi connectivity index (χ4n) is 1.56. The molecule has 0 amide bonds. The van der Waals surface area contributed by atoms with Crippen molar-refractivity contribution in [3.05, 3.63) is 29.3 Å². The molecule has 0 heterocycles. The van der Waals surface area contributed by atoms with Gasteiger partial charge in [0.1, 0.15) is 5.82 Å². The van der Waals surface area contributed by atoms with Gasteiger partial charge in [0.05, 0.1) is 6.61 Å². The summed E-state index contributed by atoms with van der Waals surface area (Å²) in [5, 5.41) is 0. The van der Waals surface area contributed by atoms with E-state index >= 15 is 0 Å². The predicted molar refractivity (Wildman–Crippen MR) is 60.6 cm³/mol. The molecule has 1 unspecified atom stereocenters. The number of hydrogen-bond donors (Lipinski definition) is 2. The van der Waals surface area contributed by atoms with Crippen molar-refractivity contribution in [2.45, 2.75) is 18.9 Å². The summed E-state index contributed by atoms with van der Waals surface area (Å²) < 4.78 is 32.5. The molecule has 2 rings (SSSR count). The number of rotatable bonds is 5. The standard InChI is InChI=1S/C12H16F2N2O/c13-9-4-12(17-6-7-1-2-7)10(14)3-8(9)11(16)5-15/h3-4,7,11H,1-2,5-6,15-16H2. The van der Waals surface area contributed by atoms with Crippen LogP contribution in [0, 0.1) is 17.6 Å². The molecular formula is C12H16F2N2O. The molecule has 94 valence electrons. The second-order valence-corrected chi connectivity index (χ2v) is 4.40. The van der Waals surface area contributed by atoms with Crippen molar-refractivity contribution < 1.29 is 13.5 Å². The molecule has 4 N–H and O–H groups in total. The zero-order chi connectivity index (χ0) is 12.4. The van der Waals surface area contributed by atoms with Crippen molar-refractivity contribution in [2.75, 3.05) is 13.2 Å². The zero-order valence-corrected chi connectivity index (χ0v) is 9.46. The first kappa shape index (κ1) is 12.3. The molecular weight excluding hydrogens is 226 g/mol. The lowest BCUT2D eigenvalue weighted by atomic mass is 10.1. The number of halogens is 2. The molecule has 1 aliphatic rings. The molecule has 1 aromatic carbocycles. The molecule has 0 radical (unpaired) electrons. The van der Waals surface area contributed by atoms with Gasteiger partial charge in [0, 0.05) is 24.2 Å². The number of benzene rings is 1. The van der Waals surface area contributed by atoms with Gasteiger partial charge in [-0.1, -0.05) is 0 Å². The molecule has 1 atom stereocenters. The van der Waals surface area contributed by atoms with Crippen LogP contribution in [0.5, 0.6) is 5.75 Å². The van der Waals surface area contributed by atoms with E-state index in [4.69, 9.17) is 16.2 Å². The fraction of sp³-hybridized carbons (Fsp3) is 0.500. The van der Waals surface area contributed by atoms with E-state index in [1.165, 1.54) is 0 Å². The number of ether oxygens (including phenoxy) is 1. The zero-order valence-electron chi connectivity index (χ0n) is 9.46. The second-order valence-electron chi connectivity index (χ2n) is 4.40. The van der Waals surface area contributed by atoms with Gasteiger partial charge in [0.15, 0.2) is 11.6 Å². The van der Waals surface area contributed by atoms with Crippen molar-refractivity contribution in [1.82, 2.24) is 0 Å². The Morgan fingerprint density at radius 3 is 2.59 bits per heavy atom. The van der Waals surface area contributed by atoms with E-state index in [1.807, 2.05) is 0 Å². The lowest BCUT2D eigenvalue weighted by molar-refractivity contribution is 0.283. The predicted octanol–water partition coefficient (Wildman–Crippen LogP) is 1.71. The molecule has 0 aromatic heterocycles. The summed E-state index contributed by atoms with van der Waals surface area (Å²) in [7, 11) is 0. The average molecular weight is 242 g/mol. The third-order valence-electron chi connectivity index (χ3n) is 2.88. The van der Waals surface area contributed by atoms with Crippen LogP contribution in [0.3, 0.4) is 0 Å². The summed E-state index contributed by atoms with van der Waals surface area (Å²) in [6, 6.07) is 1.42. The molecule has 3 nitrogen and oxygen atoms in total. The Morgan fingerprint density at radius 2 is 2.00 bits per heavy atom. The molecule has 0 bridgehead atoms. The van der Waals surface area contributed by atoms with Crippen LogP contribution in [0.1, 0.15) is 24.4 Å². The van der Waals surface area contributed by atoms with Crippen LogP contribution in [0.2, 0.25) is 0 Å². The van der Waals surface area contributed by atoms with Crippen LogP contribution in [0.4, 0.5) is 8.78 Å². The van der Waals surface area contributed by atoms with Crippen molar-refractivity contribution >= 4 is 0 Å². The second kappa shape index (κ2) is 4.98. The van der Waals surface area contributed by atoms with E-state index in [2.05, 4.69) is 0 Å². The van der Waals surface area contributed by atoms with E-state index in [-0.39, 0.29) is 17.9 Å². The van der Waals surface area contributed by atoms with Crippen molar-refractivity contribution in [2.24, 2.45) is 17.4 Å². The minimum absolute atomic E-state index is 0.0534. The van der Waals surface area contributed by atoms with Gasteiger partial charge in [0.2, 0.25) is 0 Å². The Hall–Kier alpha value is -1.20. The molecule has 1 saturated carbocycles. The van der Waals surface area contributed by atoms with Crippen LogP contribution in [-0.2, 0) is 0 Å². The third-order valence-corrected chi connectivity index (χ3v) is 2.88. The maximum Gasteiger partial charge on any atom is 0.165 e. The fourth-order valence-corrected chi connectivity index (χ4v) is 1.56. The molecule has 1 aliphatic carbocycles. The van der Waals surface area contributed by atoms with Gasteiger partial charge in [0.25, 0.3) is 0 Å². The molecule has 1 aromatic rings. The SMILES string of the molecule is NCC(N)c1cc(F)c(OCC2CC2)cc1F. The first-order chi connectivity index (χ1) is 8.11. The van der Waals surface area contributed by atoms with Gasteiger partial charge < -0.3 is 16.2 Å². The van der Waals surface area contributed by atoms with Gasteiger partial charge in [-0.2, -0.15) is 0 Å². The van der Waals surface area contributed by atoms with Crippen LogP contribution >= 0.6 is 0 Å². The average Bonchev–Trinajstić information content (AvgIpc) is 3.12. The van der Waals surface area contributed by atoms with E-state index in [1.54, 1.807) is 0 Å². The summed E-state index contributed by atoms with van der Waals surface area (Å²) in [6.07, 6.45) is 2.19. The minimum Gasteiger partial charge on any atom is -0.490 e. The first-order valence-corrected chi connectivity index (χ1v) is 5.69. The largest absolute Gasteiger partial charge is 0.490 e. The molecule has 5 heteroatoms. The van der Waals surface area contributed by atoms with Crippen LogP contribution in [0.15, 0.2) is 12.1 Å². The summed E-state index contributed by atoms with van der Waals surface area (Å²) in [6.45, 7) is 0.511. The Balaban J connectivity index is 2.14.